The first-order chi connectivity index (χ1) is 3.30. The average Bonchev–Trinajstić information content (AvgIpc) is 1.23. The van der Waals surface area contributed by atoms with Crippen molar-refractivity contribution in [3.05, 3.63) is 10.1 Å². The predicted molar refractivity (Wildman–Crippen MR) is 20.0 cm³/mol. The molecule has 6 nitrogen and oxygen atoms in total. The minimum Gasteiger partial charge on any atom is -0.233 e. The number of hydrogen-bond acceptors (Lipinski definition) is 4. The first kappa shape index (κ1) is 4.28. The Labute approximate surface area is 39.2 Å². The Morgan fingerprint density at radius 3 is 2.43 bits per heavy atom. The summed E-state index contributed by atoms with van der Waals surface area (Å²) >= 11 is 0. The van der Waals surface area contributed by atoms with E-state index in [1.165, 1.54) is 0 Å². The van der Waals surface area contributed by atoms with E-state index in [-0.39, 0.29) is 6.67 Å². The molecule has 0 aliphatic carbocycles. The van der Waals surface area contributed by atoms with Gasteiger partial charge in [0, 0.05) is 0 Å². The molecule has 0 unspecified atom stereocenters. The first-order valence-corrected chi connectivity index (χ1v) is 1.71. The number of hydrazine groups is 3. The Kier molecular flexibility index (Phi) is 0.807. The Morgan fingerprint density at radius 1 is 1.86 bits per heavy atom. The summed E-state index contributed by atoms with van der Waals surface area (Å²) in [7, 11) is 0. The summed E-state index contributed by atoms with van der Waals surface area (Å²) in [4.78, 5) is 9.61. The van der Waals surface area contributed by atoms with E-state index in [0.717, 1.165) is 5.12 Å². The van der Waals surface area contributed by atoms with E-state index >= 15 is 0 Å². The molecule has 1 fully saturated rings. The topological polar surface area (TPSA) is 70.4 Å². The quantitative estimate of drug-likeness (QED) is 0.311. The van der Waals surface area contributed by atoms with Crippen molar-refractivity contribution in [2.24, 2.45) is 0 Å². The van der Waals surface area contributed by atoms with Gasteiger partial charge in [-0.15, -0.1) is 5.53 Å². The fraction of sp³-hybridized carbons (Fsp3) is 1.00. The summed E-state index contributed by atoms with van der Waals surface area (Å²) in [6.45, 7) is 0.271. The van der Waals surface area contributed by atoms with Crippen LogP contribution in [0.2, 0.25) is 0 Å². The molecule has 0 bridgehead atoms. The zero-order chi connectivity index (χ0) is 5.28. The van der Waals surface area contributed by atoms with E-state index in [9.17, 15) is 10.1 Å². The molecule has 0 aromatic heterocycles. The number of nitrogens with zero attached hydrogens (tertiary/aromatic N) is 2. The maximum absolute atomic E-state index is 9.61. The second kappa shape index (κ2) is 1.32. The van der Waals surface area contributed by atoms with Gasteiger partial charge in [-0.25, -0.2) is 15.5 Å². The molecule has 40 valence electrons. The molecule has 0 aromatic rings. The molecule has 0 radical (unpaired) electrons. The van der Waals surface area contributed by atoms with Crippen molar-refractivity contribution in [3.8, 4) is 0 Å². The number of nitro groups is 1. The molecule has 1 heterocycles. The van der Waals surface area contributed by atoms with Crippen LogP contribution in [0.4, 0.5) is 0 Å². The lowest BCUT2D eigenvalue weighted by molar-refractivity contribution is -0.693. The van der Waals surface area contributed by atoms with Gasteiger partial charge in [0.2, 0.25) is 0 Å². The maximum atomic E-state index is 9.61. The van der Waals surface area contributed by atoms with Gasteiger partial charge >= 0.3 is 0 Å². The highest BCUT2D eigenvalue weighted by Gasteiger charge is 2.20. The van der Waals surface area contributed by atoms with Gasteiger partial charge < -0.3 is 0 Å². The second-order valence-corrected chi connectivity index (χ2v) is 1.08. The smallest absolute Gasteiger partial charge is 0.178 e. The molecule has 1 aliphatic rings. The highest BCUT2D eigenvalue weighted by molar-refractivity contribution is 4.36. The SMILES string of the molecule is O=[N+]([O-])N1CNN1. The van der Waals surface area contributed by atoms with Crippen LogP contribution in [0.3, 0.4) is 0 Å². The molecule has 0 aromatic carbocycles. The molecule has 1 saturated heterocycles. The van der Waals surface area contributed by atoms with Gasteiger partial charge in [-0.05, 0) is 5.12 Å². The van der Waals surface area contributed by atoms with Gasteiger partial charge in [0.05, 0.1) is 0 Å². The summed E-state index contributed by atoms with van der Waals surface area (Å²) in [5.41, 5.74) is 4.71. The molecule has 0 atom stereocenters. The van der Waals surface area contributed by atoms with Crippen LogP contribution < -0.4 is 11.0 Å². The van der Waals surface area contributed by atoms with E-state index in [4.69, 9.17) is 0 Å². The van der Waals surface area contributed by atoms with Gasteiger partial charge in [-0.2, -0.15) is 0 Å². The van der Waals surface area contributed by atoms with Crippen LogP contribution in [-0.4, -0.2) is 16.8 Å². The van der Waals surface area contributed by atoms with Crippen molar-refractivity contribution in [2.45, 2.75) is 0 Å². The zero-order valence-corrected chi connectivity index (χ0v) is 3.42. The molecule has 6 heteroatoms. The van der Waals surface area contributed by atoms with Gasteiger partial charge in [0.25, 0.3) is 0 Å². The van der Waals surface area contributed by atoms with Gasteiger partial charge in [0.15, 0.2) is 11.7 Å². The Bertz CT molecular complexity index is 87.7. The molecule has 0 spiro atoms. The predicted octanol–water partition coefficient (Wildman–Crippen LogP) is -1.54. The lowest BCUT2D eigenvalue weighted by Gasteiger charge is -2.23. The average molecular weight is 104 g/mol. The van der Waals surface area contributed by atoms with Crippen LogP contribution >= 0.6 is 0 Å². The molecular formula is CH4N4O2. The van der Waals surface area contributed by atoms with Crippen molar-refractivity contribution in [3.63, 3.8) is 0 Å². The van der Waals surface area contributed by atoms with E-state index in [2.05, 4.69) is 11.0 Å². The van der Waals surface area contributed by atoms with E-state index in [1.54, 1.807) is 0 Å². The molecule has 0 amide bonds. The van der Waals surface area contributed by atoms with Crippen LogP contribution in [0.25, 0.3) is 0 Å². The first-order valence-electron chi connectivity index (χ1n) is 1.71. The minimum absolute atomic E-state index is 0.271. The maximum Gasteiger partial charge on any atom is 0.178 e. The van der Waals surface area contributed by atoms with E-state index in [0.29, 0.717) is 0 Å². The normalized spacial score (nSPS) is 18.6. The fourth-order valence-electron chi connectivity index (χ4n) is 0.248. The summed E-state index contributed by atoms with van der Waals surface area (Å²) in [6, 6.07) is 0. The van der Waals surface area contributed by atoms with Crippen molar-refractivity contribution >= 4 is 0 Å². The highest BCUT2D eigenvalue weighted by atomic mass is 16.7. The molecule has 0 saturated carbocycles. The third-order valence-corrected chi connectivity index (χ3v) is 0.634. The largest absolute Gasteiger partial charge is 0.233 e. The third-order valence-electron chi connectivity index (χ3n) is 0.634. The molecule has 7 heavy (non-hydrogen) atoms. The third kappa shape index (κ3) is 0.599. The molecule has 2 N–H and O–H groups in total. The lowest BCUT2D eigenvalue weighted by Crippen LogP contribution is -2.65. The van der Waals surface area contributed by atoms with Crippen molar-refractivity contribution < 1.29 is 5.03 Å². The lowest BCUT2D eigenvalue weighted by atomic mass is 11.1. The standard InChI is InChI=1S/CH4N4O2/c6-5(7)4-1-2-3-4/h2-3H,1H2. The fourth-order valence-corrected chi connectivity index (χ4v) is 0.248. The number of rotatable bonds is 1. The summed E-state index contributed by atoms with van der Waals surface area (Å²) < 4.78 is 0. The number of nitrogens with one attached hydrogen (secondary N) is 2. The molecular weight excluding hydrogens is 100 g/mol. The van der Waals surface area contributed by atoms with Crippen LogP contribution in [0.5, 0.6) is 0 Å². The number of hydrogen-bond donors (Lipinski definition) is 2. The summed E-state index contributed by atoms with van der Waals surface area (Å²) in [6.07, 6.45) is 0. The molecule has 1 rings (SSSR count). The Hall–Kier alpha value is -0.880. The molecule has 1 aliphatic heterocycles. The summed E-state index contributed by atoms with van der Waals surface area (Å²) in [5, 5.41) is 9.91. The van der Waals surface area contributed by atoms with Crippen LogP contribution in [0.1, 0.15) is 0 Å². The monoisotopic (exact) mass is 104 g/mol. The van der Waals surface area contributed by atoms with Crippen LogP contribution in [0, 0.1) is 10.1 Å². The van der Waals surface area contributed by atoms with Gasteiger partial charge in [-0.3, -0.25) is 0 Å². The van der Waals surface area contributed by atoms with Crippen molar-refractivity contribution in [2.75, 3.05) is 6.67 Å². The Balaban J connectivity index is 2.27. The Morgan fingerprint density at radius 2 is 2.43 bits per heavy atom. The second-order valence-electron chi connectivity index (χ2n) is 1.08. The van der Waals surface area contributed by atoms with Crippen molar-refractivity contribution in [1.29, 1.82) is 0 Å². The van der Waals surface area contributed by atoms with Crippen molar-refractivity contribution in [1.82, 2.24) is 16.1 Å². The summed E-state index contributed by atoms with van der Waals surface area (Å²) in [5.74, 6) is 0. The zero-order valence-electron chi connectivity index (χ0n) is 3.42. The van der Waals surface area contributed by atoms with Crippen LogP contribution in [-0.2, 0) is 0 Å². The highest BCUT2D eigenvalue weighted by Crippen LogP contribution is 1.82. The van der Waals surface area contributed by atoms with E-state index < -0.39 is 5.03 Å². The minimum atomic E-state index is -0.531. The van der Waals surface area contributed by atoms with Crippen LogP contribution in [0.15, 0.2) is 0 Å². The van der Waals surface area contributed by atoms with E-state index in [1.807, 2.05) is 0 Å². The van der Waals surface area contributed by atoms with Gasteiger partial charge in [-0.1, -0.05) is 0 Å². The van der Waals surface area contributed by atoms with Gasteiger partial charge in [0.1, 0.15) is 0 Å².